The summed E-state index contributed by atoms with van der Waals surface area (Å²) < 4.78 is 0. The zero-order valence-corrected chi connectivity index (χ0v) is 12.6. The molecule has 0 aromatic carbocycles. The van der Waals surface area contributed by atoms with Crippen molar-refractivity contribution in [1.29, 1.82) is 0 Å². The molecule has 4 nitrogen and oxygen atoms in total. The van der Waals surface area contributed by atoms with Crippen LogP contribution in [-0.4, -0.2) is 29.1 Å². The van der Waals surface area contributed by atoms with Crippen LogP contribution < -0.4 is 4.90 Å². The molecule has 1 atom stereocenters. The molecule has 1 saturated heterocycles. The molecule has 1 fully saturated rings. The van der Waals surface area contributed by atoms with Gasteiger partial charge < -0.3 is 10.0 Å². The first kappa shape index (κ1) is 14.8. The smallest absolute Gasteiger partial charge is 0.339 e. The fourth-order valence-electron chi connectivity index (χ4n) is 3.00. The minimum absolute atomic E-state index is 0.318. The van der Waals surface area contributed by atoms with Gasteiger partial charge in [0, 0.05) is 25.0 Å². The Bertz CT molecular complexity index is 485. The third-order valence-corrected chi connectivity index (χ3v) is 4.31. The number of aryl methyl sites for hydroxylation is 1. The van der Waals surface area contributed by atoms with E-state index in [0.717, 1.165) is 43.2 Å². The van der Waals surface area contributed by atoms with Gasteiger partial charge in [0.2, 0.25) is 0 Å². The van der Waals surface area contributed by atoms with Gasteiger partial charge in [-0.05, 0) is 44.1 Å². The Morgan fingerprint density at radius 3 is 2.80 bits per heavy atom. The molecule has 0 bridgehead atoms. The van der Waals surface area contributed by atoms with E-state index in [-0.39, 0.29) is 0 Å². The Labute approximate surface area is 120 Å². The van der Waals surface area contributed by atoms with Gasteiger partial charge >= 0.3 is 5.97 Å². The van der Waals surface area contributed by atoms with Gasteiger partial charge in [0.25, 0.3) is 0 Å². The monoisotopic (exact) mass is 276 g/mol. The van der Waals surface area contributed by atoms with Crippen LogP contribution in [0.5, 0.6) is 0 Å². The van der Waals surface area contributed by atoms with E-state index >= 15 is 0 Å². The Hall–Kier alpha value is -1.58. The second-order valence-electron chi connectivity index (χ2n) is 6.07. The highest BCUT2D eigenvalue weighted by Crippen LogP contribution is 2.29. The van der Waals surface area contributed by atoms with Crippen molar-refractivity contribution in [2.45, 2.75) is 40.0 Å². The van der Waals surface area contributed by atoms with Gasteiger partial charge in [0.1, 0.15) is 5.56 Å². The minimum Gasteiger partial charge on any atom is -0.478 e. The van der Waals surface area contributed by atoms with Crippen molar-refractivity contribution in [3.63, 3.8) is 0 Å². The summed E-state index contributed by atoms with van der Waals surface area (Å²) in [7, 11) is 0. The predicted octanol–water partition coefficient (Wildman–Crippen LogP) is 3.35. The Kier molecular flexibility index (Phi) is 4.63. The van der Waals surface area contributed by atoms with E-state index in [0.29, 0.717) is 11.5 Å². The summed E-state index contributed by atoms with van der Waals surface area (Å²) in [6.07, 6.45) is 4.99. The third kappa shape index (κ3) is 3.30. The van der Waals surface area contributed by atoms with E-state index in [1.807, 2.05) is 13.0 Å². The van der Waals surface area contributed by atoms with Crippen LogP contribution in [0.1, 0.15) is 49.2 Å². The number of aromatic nitrogens is 1. The van der Waals surface area contributed by atoms with Crippen LogP contribution in [-0.2, 0) is 0 Å². The van der Waals surface area contributed by atoms with Crippen LogP contribution in [0.3, 0.4) is 0 Å². The highest BCUT2D eigenvalue weighted by molar-refractivity contribution is 5.94. The number of pyridine rings is 1. The van der Waals surface area contributed by atoms with E-state index in [1.54, 1.807) is 0 Å². The number of hydrogen-bond donors (Lipinski definition) is 1. The Balaban J connectivity index is 2.23. The van der Waals surface area contributed by atoms with Crippen molar-refractivity contribution in [3.05, 3.63) is 23.5 Å². The van der Waals surface area contributed by atoms with Crippen molar-refractivity contribution in [1.82, 2.24) is 4.98 Å². The van der Waals surface area contributed by atoms with Crippen molar-refractivity contribution in [2.24, 2.45) is 11.8 Å². The number of carbonyl (C=O) groups is 1. The van der Waals surface area contributed by atoms with E-state index in [2.05, 4.69) is 23.7 Å². The number of carboxylic acids is 1. The molecule has 2 rings (SSSR count). The van der Waals surface area contributed by atoms with E-state index < -0.39 is 5.97 Å². The quantitative estimate of drug-likeness (QED) is 0.920. The highest BCUT2D eigenvalue weighted by atomic mass is 16.4. The van der Waals surface area contributed by atoms with Crippen LogP contribution in [0.2, 0.25) is 0 Å². The number of anilines is 1. The van der Waals surface area contributed by atoms with Gasteiger partial charge in [-0.1, -0.05) is 13.8 Å². The molecule has 110 valence electrons. The first-order chi connectivity index (χ1) is 9.49. The summed E-state index contributed by atoms with van der Waals surface area (Å²) in [6, 6.07) is 1.90. The minimum atomic E-state index is -0.892. The second kappa shape index (κ2) is 6.25. The van der Waals surface area contributed by atoms with Crippen molar-refractivity contribution >= 4 is 11.7 Å². The van der Waals surface area contributed by atoms with Crippen molar-refractivity contribution in [3.8, 4) is 0 Å². The van der Waals surface area contributed by atoms with Gasteiger partial charge in [0.05, 0.1) is 5.69 Å². The van der Waals surface area contributed by atoms with Gasteiger partial charge in [0.15, 0.2) is 0 Å². The van der Waals surface area contributed by atoms with Gasteiger partial charge in [-0.3, -0.25) is 4.98 Å². The Morgan fingerprint density at radius 1 is 1.40 bits per heavy atom. The molecule has 2 heterocycles. The molecule has 0 aliphatic carbocycles. The molecule has 0 radical (unpaired) electrons. The van der Waals surface area contributed by atoms with Crippen LogP contribution in [0, 0.1) is 18.8 Å². The standard InChI is InChI=1S/C16H24N2O2/c1-11(2)13-5-4-7-18(8-6-13)15-9-12(3)17-10-14(15)16(19)20/h9-11,13H,4-8H2,1-3H3,(H,19,20). The maximum absolute atomic E-state index is 11.4. The molecule has 1 unspecified atom stereocenters. The number of hydrogen-bond acceptors (Lipinski definition) is 3. The SMILES string of the molecule is Cc1cc(N2CCCC(C(C)C)CC2)c(C(=O)O)cn1. The number of aromatic carboxylic acids is 1. The summed E-state index contributed by atoms with van der Waals surface area (Å²) in [5.41, 5.74) is 2.02. The number of nitrogens with zero attached hydrogens (tertiary/aromatic N) is 2. The molecular formula is C16H24N2O2. The lowest BCUT2D eigenvalue weighted by Crippen LogP contribution is -2.26. The summed E-state index contributed by atoms with van der Waals surface area (Å²) in [6.45, 7) is 8.34. The van der Waals surface area contributed by atoms with Crippen LogP contribution in [0.15, 0.2) is 12.3 Å². The molecule has 0 amide bonds. The molecule has 0 saturated carbocycles. The van der Waals surface area contributed by atoms with Crippen LogP contribution in [0.25, 0.3) is 0 Å². The summed E-state index contributed by atoms with van der Waals surface area (Å²) in [5.74, 6) is 0.557. The molecule has 1 aliphatic rings. The first-order valence-corrected chi connectivity index (χ1v) is 7.44. The molecule has 0 spiro atoms. The van der Waals surface area contributed by atoms with Gasteiger partial charge in [-0.15, -0.1) is 0 Å². The normalized spacial score (nSPS) is 20.0. The lowest BCUT2D eigenvalue weighted by Gasteiger charge is -2.25. The summed E-state index contributed by atoms with van der Waals surface area (Å²) >= 11 is 0. The summed E-state index contributed by atoms with van der Waals surface area (Å²) in [4.78, 5) is 17.7. The Morgan fingerprint density at radius 2 is 2.15 bits per heavy atom. The van der Waals surface area contributed by atoms with Gasteiger partial charge in [-0.2, -0.15) is 0 Å². The molecule has 20 heavy (non-hydrogen) atoms. The van der Waals surface area contributed by atoms with Crippen LogP contribution in [0.4, 0.5) is 5.69 Å². The average Bonchev–Trinajstić information content (AvgIpc) is 2.63. The topological polar surface area (TPSA) is 53.4 Å². The molecule has 1 N–H and O–H groups in total. The highest BCUT2D eigenvalue weighted by Gasteiger charge is 2.22. The predicted molar refractivity (Wildman–Crippen MR) is 80.3 cm³/mol. The summed E-state index contributed by atoms with van der Waals surface area (Å²) in [5, 5.41) is 9.33. The zero-order chi connectivity index (χ0) is 14.7. The fraction of sp³-hybridized carbons (Fsp3) is 0.625. The van der Waals surface area contributed by atoms with E-state index in [4.69, 9.17) is 0 Å². The molecule has 1 aromatic heterocycles. The first-order valence-electron chi connectivity index (χ1n) is 7.44. The van der Waals surface area contributed by atoms with Crippen molar-refractivity contribution < 1.29 is 9.90 Å². The van der Waals surface area contributed by atoms with E-state index in [1.165, 1.54) is 12.6 Å². The average molecular weight is 276 g/mol. The molecule has 1 aromatic rings. The second-order valence-corrected chi connectivity index (χ2v) is 6.07. The zero-order valence-electron chi connectivity index (χ0n) is 12.6. The third-order valence-electron chi connectivity index (χ3n) is 4.31. The maximum atomic E-state index is 11.4. The van der Waals surface area contributed by atoms with Crippen LogP contribution >= 0.6 is 0 Å². The maximum Gasteiger partial charge on any atom is 0.339 e. The van der Waals surface area contributed by atoms with E-state index in [9.17, 15) is 9.90 Å². The lowest BCUT2D eigenvalue weighted by atomic mass is 9.89. The van der Waals surface area contributed by atoms with Gasteiger partial charge in [-0.25, -0.2) is 4.79 Å². The molecular weight excluding hydrogens is 252 g/mol. The molecule has 1 aliphatic heterocycles. The largest absolute Gasteiger partial charge is 0.478 e. The van der Waals surface area contributed by atoms with Crippen molar-refractivity contribution in [2.75, 3.05) is 18.0 Å². The number of carboxylic acid groups (broad SMARTS) is 1. The fourth-order valence-corrected chi connectivity index (χ4v) is 3.00. The lowest BCUT2D eigenvalue weighted by molar-refractivity contribution is 0.0697. The molecule has 4 heteroatoms. The number of rotatable bonds is 3.